The molecular weight excluding hydrogens is 233 g/mol. The molecule has 1 aromatic carbocycles. The molecule has 2 nitrogen and oxygen atoms in total. The van der Waals surface area contributed by atoms with E-state index in [4.69, 9.17) is 0 Å². The van der Waals surface area contributed by atoms with Crippen molar-refractivity contribution in [2.24, 2.45) is 0 Å². The Morgan fingerprint density at radius 3 is 2.47 bits per heavy atom. The molecular formula is C12H11F3O2. The zero-order chi connectivity index (χ0) is 12.9. The molecule has 0 radical (unpaired) electrons. The smallest absolute Gasteiger partial charge is 0.303 e. The zero-order valence-corrected chi connectivity index (χ0v) is 8.96. The number of hydrogen-bond donors (Lipinski definition) is 0. The Morgan fingerprint density at radius 2 is 1.88 bits per heavy atom. The van der Waals surface area contributed by atoms with Crippen molar-refractivity contribution in [3.05, 3.63) is 35.4 Å². The van der Waals surface area contributed by atoms with Gasteiger partial charge in [-0.25, -0.2) is 0 Å². The molecule has 0 aliphatic rings. The fraction of sp³-hybridized carbons (Fsp3) is 0.333. The average Bonchev–Trinajstić information content (AvgIpc) is 2.28. The Bertz CT molecular complexity index is 410. The molecule has 17 heavy (non-hydrogen) atoms. The van der Waals surface area contributed by atoms with Crippen molar-refractivity contribution in [2.75, 3.05) is 0 Å². The lowest BCUT2D eigenvalue weighted by Gasteiger charge is -2.11. The van der Waals surface area contributed by atoms with Crippen LogP contribution in [0, 0.1) is 0 Å². The van der Waals surface area contributed by atoms with Gasteiger partial charge in [0.15, 0.2) is 5.78 Å². The van der Waals surface area contributed by atoms with Crippen molar-refractivity contribution < 1.29 is 22.8 Å². The second kappa shape index (κ2) is 5.61. The second-order valence-electron chi connectivity index (χ2n) is 3.53. The predicted molar refractivity (Wildman–Crippen MR) is 55.7 cm³/mol. The van der Waals surface area contributed by atoms with Gasteiger partial charge in [-0.2, -0.15) is 13.2 Å². The summed E-state index contributed by atoms with van der Waals surface area (Å²) >= 11 is 0. The maximum atomic E-state index is 12.6. The van der Waals surface area contributed by atoms with E-state index in [0.717, 1.165) is 12.1 Å². The Balaban J connectivity index is 2.90. The van der Waals surface area contributed by atoms with E-state index in [-0.39, 0.29) is 24.8 Å². The van der Waals surface area contributed by atoms with Crippen LogP contribution in [0.2, 0.25) is 0 Å². The fourth-order valence-electron chi connectivity index (χ4n) is 1.45. The summed E-state index contributed by atoms with van der Waals surface area (Å²) in [5.74, 6) is -0.584. The van der Waals surface area contributed by atoms with Gasteiger partial charge >= 0.3 is 6.18 Å². The van der Waals surface area contributed by atoms with E-state index in [9.17, 15) is 22.8 Å². The van der Waals surface area contributed by atoms with Gasteiger partial charge in [-0.15, -0.1) is 0 Å². The molecule has 0 amide bonds. The summed E-state index contributed by atoms with van der Waals surface area (Å²) < 4.78 is 37.8. The predicted octanol–water partition coefficient (Wildman–Crippen LogP) is 3.26. The molecule has 92 valence electrons. The highest BCUT2D eigenvalue weighted by Gasteiger charge is 2.34. The van der Waals surface area contributed by atoms with Gasteiger partial charge in [0.05, 0.1) is 5.56 Å². The van der Waals surface area contributed by atoms with Crippen LogP contribution >= 0.6 is 0 Å². The molecule has 0 saturated carbocycles. The number of alkyl halides is 3. The van der Waals surface area contributed by atoms with Crippen molar-refractivity contribution in [1.82, 2.24) is 0 Å². The van der Waals surface area contributed by atoms with Crippen LogP contribution in [0.15, 0.2) is 24.3 Å². The highest BCUT2D eigenvalue weighted by atomic mass is 19.4. The number of hydrogen-bond acceptors (Lipinski definition) is 2. The highest BCUT2D eigenvalue weighted by molar-refractivity contribution is 5.97. The van der Waals surface area contributed by atoms with Crippen molar-refractivity contribution >= 4 is 12.1 Å². The van der Waals surface area contributed by atoms with E-state index >= 15 is 0 Å². The Morgan fingerprint density at radius 1 is 1.24 bits per heavy atom. The maximum Gasteiger partial charge on any atom is 0.417 e. The average molecular weight is 244 g/mol. The number of benzene rings is 1. The largest absolute Gasteiger partial charge is 0.417 e. The van der Waals surface area contributed by atoms with Crippen molar-refractivity contribution in [3.8, 4) is 0 Å². The van der Waals surface area contributed by atoms with E-state index in [2.05, 4.69) is 0 Å². The Hall–Kier alpha value is -1.65. The Kier molecular flexibility index (Phi) is 4.43. The third-order valence-electron chi connectivity index (χ3n) is 2.26. The molecule has 0 N–H and O–H groups in total. The number of carbonyl (C=O) groups is 2. The number of ketones is 1. The van der Waals surface area contributed by atoms with Gasteiger partial charge < -0.3 is 4.79 Å². The molecule has 0 fully saturated rings. The molecule has 0 aliphatic heterocycles. The molecule has 0 heterocycles. The van der Waals surface area contributed by atoms with Gasteiger partial charge in [-0.1, -0.05) is 18.2 Å². The first-order chi connectivity index (χ1) is 7.96. The van der Waals surface area contributed by atoms with Gasteiger partial charge in [0, 0.05) is 18.4 Å². The van der Waals surface area contributed by atoms with E-state index in [1.807, 2.05) is 0 Å². The normalized spacial score (nSPS) is 11.2. The summed E-state index contributed by atoms with van der Waals surface area (Å²) in [6.07, 6.45) is -3.49. The lowest BCUT2D eigenvalue weighted by atomic mass is 10.00. The number of aldehydes is 1. The molecule has 0 aromatic heterocycles. The summed E-state index contributed by atoms with van der Waals surface area (Å²) in [6, 6.07) is 4.67. The molecule has 0 saturated heterocycles. The number of rotatable bonds is 5. The third-order valence-corrected chi connectivity index (χ3v) is 2.26. The molecule has 5 heteroatoms. The van der Waals surface area contributed by atoms with Crippen LogP contribution in [0.4, 0.5) is 13.2 Å². The van der Waals surface area contributed by atoms with E-state index in [1.54, 1.807) is 0 Å². The van der Waals surface area contributed by atoms with E-state index in [1.165, 1.54) is 12.1 Å². The van der Waals surface area contributed by atoms with Crippen molar-refractivity contribution in [1.29, 1.82) is 0 Å². The maximum absolute atomic E-state index is 12.6. The highest BCUT2D eigenvalue weighted by Crippen LogP contribution is 2.32. The molecule has 0 aliphatic carbocycles. The van der Waals surface area contributed by atoms with Crippen LogP contribution in [-0.4, -0.2) is 12.1 Å². The van der Waals surface area contributed by atoms with Gasteiger partial charge in [0.1, 0.15) is 6.29 Å². The van der Waals surface area contributed by atoms with Crippen LogP contribution in [0.5, 0.6) is 0 Å². The van der Waals surface area contributed by atoms with Gasteiger partial charge in [-0.3, -0.25) is 4.79 Å². The lowest BCUT2D eigenvalue weighted by molar-refractivity contribution is -0.137. The summed E-state index contributed by atoms with van der Waals surface area (Å²) in [6.45, 7) is 0. The van der Waals surface area contributed by atoms with Gasteiger partial charge in [-0.05, 0) is 12.5 Å². The monoisotopic (exact) mass is 244 g/mol. The SMILES string of the molecule is O=CCCCC(=O)c1ccccc1C(F)(F)F. The first-order valence-corrected chi connectivity index (χ1v) is 5.10. The topological polar surface area (TPSA) is 34.1 Å². The van der Waals surface area contributed by atoms with Gasteiger partial charge in [0.2, 0.25) is 0 Å². The van der Waals surface area contributed by atoms with Crippen molar-refractivity contribution in [2.45, 2.75) is 25.4 Å². The summed E-state index contributed by atoms with van der Waals surface area (Å²) in [7, 11) is 0. The Labute approximate surface area is 96.4 Å². The van der Waals surface area contributed by atoms with E-state index in [0.29, 0.717) is 6.29 Å². The second-order valence-corrected chi connectivity index (χ2v) is 3.53. The quantitative estimate of drug-likeness (QED) is 0.452. The van der Waals surface area contributed by atoms with Crippen LogP contribution < -0.4 is 0 Å². The van der Waals surface area contributed by atoms with Crippen LogP contribution in [-0.2, 0) is 11.0 Å². The van der Waals surface area contributed by atoms with Crippen LogP contribution in [0.1, 0.15) is 35.2 Å². The minimum atomic E-state index is -4.53. The van der Waals surface area contributed by atoms with Crippen LogP contribution in [0.3, 0.4) is 0 Å². The van der Waals surface area contributed by atoms with Gasteiger partial charge in [0.25, 0.3) is 0 Å². The summed E-state index contributed by atoms with van der Waals surface area (Å²) in [5, 5.41) is 0. The van der Waals surface area contributed by atoms with E-state index < -0.39 is 17.5 Å². The molecule has 1 rings (SSSR count). The number of unbranched alkanes of at least 4 members (excludes halogenated alkanes) is 1. The zero-order valence-electron chi connectivity index (χ0n) is 8.96. The first-order valence-electron chi connectivity index (χ1n) is 5.10. The number of halogens is 3. The first kappa shape index (κ1) is 13.4. The number of Topliss-reactive ketones (excluding diaryl/α,β-unsaturated/α-hetero) is 1. The fourth-order valence-corrected chi connectivity index (χ4v) is 1.45. The standard InChI is InChI=1S/C12H11F3O2/c13-12(14,15)10-6-2-1-5-9(10)11(17)7-3-4-8-16/h1-2,5-6,8H,3-4,7H2. The minimum Gasteiger partial charge on any atom is -0.303 e. The number of carbonyl (C=O) groups excluding carboxylic acids is 2. The molecule has 0 unspecified atom stereocenters. The molecule has 0 spiro atoms. The summed E-state index contributed by atoms with van der Waals surface area (Å²) in [5.41, 5.74) is -1.25. The van der Waals surface area contributed by atoms with Crippen LogP contribution in [0.25, 0.3) is 0 Å². The molecule has 0 atom stereocenters. The molecule has 0 bridgehead atoms. The third kappa shape index (κ3) is 3.69. The lowest BCUT2D eigenvalue weighted by Crippen LogP contribution is -2.12. The summed E-state index contributed by atoms with van der Waals surface area (Å²) in [4.78, 5) is 21.6. The van der Waals surface area contributed by atoms with Crippen molar-refractivity contribution in [3.63, 3.8) is 0 Å². The minimum absolute atomic E-state index is 0.0498. The molecule has 1 aromatic rings.